The molecule has 1 N–H and O–H groups in total. The quantitative estimate of drug-likeness (QED) is 0.170. The van der Waals surface area contributed by atoms with Crippen molar-refractivity contribution in [2.45, 2.75) is 59.1 Å². The van der Waals surface area contributed by atoms with Crippen LogP contribution in [0.25, 0.3) is 5.76 Å². The summed E-state index contributed by atoms with van der Waals surface area (Å²) in [5, 5.41) is 11.5. The van der Waals surface area contributed by atoms with Crippen LogP contribution in [0.4, 0.5) is 0 Å². The highest BCUT2D eigenvalue weighted by Crippen LogP contribution is 2.40. The van der Waals surface area contributed by atoms with Crippen LogP contribution in [0.2, 0.25) is 0 Å². The maximum atomic E-state index is 13.4. The summed E-state index contributed by atoms with van der Waals surface area (Å²) in [5.74, 6) is 0.00949. The fourth-order valence-corrected chi connectivity index (χ4v) is 5.17. The van der Waals surface area contributed by atoms with E-state index in [4.69, 9.17) is 14.2 Å². The van der Waals surface area contributed by atoms with Gasteiger partial charge in [-0.2, -0.15) is 0 Å². The Hall–Kier alpha value is -3.36. The molecule has 4 rings (SSSR count). The molecule has 216 valence electrons. The van der Waals surface area contributed by atoms with Gasteiger partial charge in [0.25, 0.3) is 11.7 Å². The molecule has 0 spiro atoms. The molecule has 8 heteroatoms. The zero-order valence-corrected chi connectivity index (χ0v) is 24.2. The molecule has 2 aliphatic rings. The molecule has 2 heterocycles. The third-order valence-corrected chi connectivity index (χ3v) is 7.29. The van der Waals surface area contributed by atoms with Crippen molar-refractivity contribution in [2.24, 2.45) is 0 Å². The Morgan fingerprint density at radius 3 is 2.42 bits per heavy atom. The Morgan fingerprint density at radius 2 is 1.77 bits per heavy atom. The van der Waals surface area contributed by atoms with Gasteiger partial charge in [0, 0.05) is 31.7 Å². The molecule has 0 radical (unpaired) electrons. The number of benzene rings is 2. The third-order valence-electron chi connectivity index (χ3n) is 7.29. The van der Waals surface area contributed by atoms with Gasteiger partial charge in [-0.15, -0.1) is 0 Å². The van der Waals surface area contributed by atoms with Crippen LogP contribution in [0, 0.1) is 6.92 Å². The van der Waals surface area contributed by atoms with E-state index in [1.54, 1.807) is 23.1 Å². The highest BCUT2D eigenvalue weighted by atomic mass is 16.5. The smallest absolute Gasteiger partial charge is 0.295 e. The first-order valence-corrected chi connectivity index (χ1v) is 14.4. The Labute approximate surface area is 237 Å². The summed E-state index contributed by atoms with van der Waals surface area (Å²) in [7, 11) is 0. The van der Waals surface area contributed by atoms with Crippen LogP contribution < -0.4 is 9.47 Å². The molecule has 0 bridgehead atoms. The SMILES string of the molecule is CCCCOc1ccc(C2/C(=C(\O)c3ccc(OC(C)C)c(C)c3)C(=O)C(=O)N2CCCN2CCOCC2)cc1. The molecular formula is C32H42N2O6. The average Bonchev–Trinajstić information content (AvgIpc) is 3.20. The maximum Gasteiger partial charge on any atom is 0.295 e. The van der Waals surface area contributed by atoms with Gasteiger partial charge in [0.15, 0.2) is 0 Å². The van der Waals surface area contributed by atoms with E-state index in [0.29, 0.717) is 44.1 Å². The largest absolute Gasteiger partial charge is 0.507 e. The lowest BCUT2D eigenvalue weighted by molar-refractivity contribution is -0.140. The molecule has 1 amide bonds. The predicted octanol–water partition coefficient (Wildman–Crippen LogP) is 5.11. The predicted molar refractivity (Wildman–Crippen MR) is 155 cm³/mol. The van der Waals surface area contributed by atoms with E-state index in [1.165, 1.54) is 0 Å². The number of unbranched alkanes of at least 4 members (excludes halogenated alkanes) is 1. The summed E-state index contributed by atoms with van der Waals surface area (Å²) in [5.41, 5.74) is 2.17. The molecule has 2 saturated heterocycles. The molecule has 0 aliphatic carbocycles. The Kier molecular flexibility index (Phi) is 10.2. The lowest BCUT2D eigenvalue weighted by Gasteiger charge is -2.29. The lowest BCUT2D eigenvalue weighted by atomic mass is 9.94. The second kappa shape index (κ2) is 13.8. The van der Waals surface area contributed by atoms with E-state index < -0.39 is 17.7 Å². The Bertz CT molecular complexity index is 1200. The van der Waals surface area contributed by atoms with Crippen LogP contribution in [0.1, 0.15) is 62.8 Å². The highest BCUT2D eigenvalue weighted by molar-refractivity contribution is 6.46. The summed E-state index contributed by atoms with van der Waals surface area (Å²) in [6.45, 7) is 12.9. The summed E-state index contributed by atoms with van der Waals surface area (Å²) < 4.78 is 17.1. The highest BCUT2D eigenvalue weighted by Gasteiger charge is 2.45. The van der Waals surface area contributed by atoms with E-state index in [1.807, 2.05) is 45.0 Å². The number of hydrogen-bond donors (Lipinski definition) is 1. The van der Waals surface area contributed by atoms with Crippen LogP contribution in [0.5, 0.6) is 11.5 Å². The van der Waals surface area contributed by atoms with E-state index >= 15 is 0 Å². The molecule has 40 heavy (non-hydrogen) atoms. The molecule has 2 fully saturated rings. The number of ketones is 1. The van der Waals surface area contributed by atoms with Gasteiger partial charge >= 0.3 is 0 Å². The number of hydrogen-bond acceptors (Lipinski definition) is 7. The minimum Gasteiger partial charge on any atom is -0.507 e. The number of carbonyl (C=O) groups excluding carboxylic acids is 2. The van der Waals surface area contributed by atoms with Crippen LogP contribution in [-0.2, 0) is 14.3 Å². The van der Waals surface area contributed by atoms with E-state index in [2.05, 4.69) is 11.8 Å². The van der Waals surface area contributed by atoms with Gasteiger partial charge < -0.3 is 24.2 Å². The van der Waals surface area contributed by atoms with Gasteiger partial charge in [0.05, 0.1) is 37.5 Å². The first-order valence-electron chi connectivity index (χ1n) is 14.4. The zero-order valence-electron chi connectivity index (χ0n) is 24.2. The van der Waals surface area contributed by atoms with Crippen molar-refractivity contribution in [2.75, 3.05) is 46.0 Å². The van der Waals surface area contributed by atoms with Gasteiger partial charge in [-0.3, -0.25) is 14.5 Å². The van der Waals surface area contributed by atoms with Gasteiger partial charge in [0.2, 0.25) is 0 Å². The number of Topliss-reactive ketones (excluding diaryl/α,β-unsaturated/α-hetero) is 1. The first-order chi connectivity index (χ1) is 19.3. The lowest BCUT2D eigenvalue weighted by Crippen LogP contribution is -2.38. The van der Waals surface area contributed by atoms with Crippen molar-refractivity contribution < 1.29 is 28.9 Å². The minimum atomic E-state index is -0.693. The van der Waals surface area contributed by atoms with Crippen molar-refractivity contribution in [1.29, 1.82) is 0 Å². The minimum absolute atomic E-state index is 0.00913. The normalized spacial score (nSPS) is 19.4. The van der Waals surface area contributed by atoms with E-state index in [-0.39, 0.29) is 17.4 Å². The Morgan fingerprint density at radius 1 is 1.05 bits per heavy atom. The first kappa shape index (κ1) is 29.6. The van der Waals surface area contributed by atoms with Crippen LogP contribution in [0.15, 0.2) is 48.0 Å². The number of rotatable bonds is 12. The van der Waals surface area contributed by atoms with Crippen molar-refractivity contribution >= 4 is 17.4 Å². The molecule has 2 aliphatic heterocycles. The number of aliphatic hydroxyl groups is 1. The number of ether oxygens (including phenoxy) is 3. The van der Waals surface area contributed by atoms with E-state index in [9.17, 15) is 14.7 Å². The third kappa shape index (κ3) is 7.04. The number of amides is 1. The number of aliphatic hydroxyl groups excluding tert-OH is 1. The van der Waals surface area contributed by atoms with Crippen LogP contribution >= 0.6 is 0 Å². The summed E-state index contributed by atoms with van der Waals surface area (Å²) in [6, 6.07) is 12.1. The second-order valence-corrected chi connectivity index (χ2v) is 10.7. The van der Waals surface area contributed by atoms with Crippen molar-refractivity contribution in [3.8, 4) is 11.5 Å². The Balaban J connectivity index is 1.65. The van der Waals surface area contributed by atoms with Gasteiger partial charge in [-0.05, 0) is 75.1 Å². The van der Waals surface area contributed by atoms with Crippen molar-refractivity contribution in [3.63, 3.8) is 0 Å². The van der Waals surface area contributed by atoms with Crippen LogP contribution in [-0.4, -0.2) is 78.7 Å². The monoisotopic (exact) mass is 550 g/mol. The standard InChI is InChI=1S/C32H42N2O6/c1-5-6-18-39-26-11-8-24(9-12-26)29-28(30(35)25-10-13-27(23(4)21-25)40-22(2)3)31(36)32(37)34(29)15-7-14-33-16-19-38-20-17-33/h8-13,21-22,29,35H,5-7,14-20H2,1-4H3/b30-28+. The molecule has 1 atom stereocenters. The van der Waals surface area contributed by atoms with Crippen LogP contribution in [0.3, 0.4) is 0 Å². The second-order valence-electron chi connectivity index (χ2n) is 10.7. The summed E-state index contributed by atoms with van der Waals surface area (Å²) >= 11 is 0. The average molecular weight is 551 g/mol. The topological polar surface area (TPSA) is 88.5 Å². The molecule has 2 aromatic carbocycles. The fourth-order valence-electron chi connectivity index (χ4n) is 5.17. The van der Waals surface area contributed by atoms with Gasteiger partial charge in [-0.25, -0.2) is 0 Å². The molecule has 1 unspecified atom stereocenters. The molecule has 8 nitrogen and oxygen atoms in total. The molecular weight excluding hydrogens is 508 g/mol. The number of likely N-dealkylation sites (tertiary alicyclic amines) is 1. The molecule has 0 aromatic heterocycles. The van der Waals surface area contributed by atoms with Crippen molar-refractivity contribution in [3.05, 3.63) is 64.7 Å². The number of morpholine rings is 1. The van der Waals surface area contributed by atoms with Gasteiger partial charge in [-0.1, -0.05) is 25.5 Å². The van der Waals surface area contributed by atoms with E-state index in [0.717, 1.165) is 49.4 Å². The maximum absolute atomic E-state index is 13.4. The molecule has 0 saturated carbocycles. The number of aryl methyl sites for hydroxylation is 1. The van der Waals surface area contributed by atoms with Gasteiger partial charge in [0.1, 0.15) is 17.3 Å². The summed E-state index contributed by atoms with van der Waals surface area (Å²) in [4.78, 5) is 30.7. The molecule has 2 aromatic rings. The number of carbonyl (C=O) groups is 2. The fraction of sp³-hybridized carbons (Fsp3) is 0.500. The number of nitrogens with zero attached hydrogens (tertiary/aromatic N) is 2. The summed E-state index contributed by atoms with van der Waals surface area (Å²) in [6.07, 6.45) is 2.73. The van der Waals surface area contributed by atoms with Crippen molar-refractivity contribution in [1.82, 2.24) is 9.80 Å². The zero-order chi connectivity index (χ0) is 28.6.